The number of alkyl halides is 2. The zero-order valence-electron chi connectivity index (χ0n) is 11.8. The van der Waals surface area contributed by atoms with E-state index in [1.54, 1.807) is 6.33 Å². The van der Waals surface area contributed by atoms with Crippen molar-refractivity contribution in [1.82, 2.24) is 14.8 Å². The SMILES string of the molecule is CCn1ncnc1CC(CCl)(CCl)c1ccccc1C. The van der Waals surface area contributed by atoms with E-state index in [4.69, 9.17) is 23.2 Å². The van der Waals surface area contributed by atoms with E-state index in [1.165, 1.54) is 11.1 Å². The minimum absolute atomic E-state index is 0.311. The van der Waals surface area contributed by atoms with E-state index in [2.05, 4.69) is 36.1 Å². The van der Waals surface area contributed by atoms with Crippen LogP contribution in [-0.4, -0.2) is 26.5 Å². The van der Waals surface area contributed by atoms with Crippen molar-refractivity contribution in [1.29, 1.82) is 0 Å². The largest absolute Gasteiger partial charge is 0.250 e. The van der Waals surface area contributed by atoms with Gasteiger partial charge in [0.15, 0.2) is 0 Å². The molecule has 0 aliphatic heterocycles. The lowest BCUT2D eigenvalue weighted by Gasteiger charge is -2.31. The number of aromatic nitrogens is 3. The first-order chi connectivity index (χ1) is 9.66. The molecule has 0 spiro atoms. The molecule has 0 N–H and O–H groups in total. The molecule has 108 valence electrons. The number of aryl methyl sites for hydroxylation is 2. The zero-order valence-corrected chi connectivity index (χ0v) is 13.3. The van der Waals surface area contributed by atoms with Crippen LogP contribution >= 0.6 is 23.2 Å². The van der Waals surface area contributed by atoms with Gasteiger partial charge < -0.3 is 0 Å². The van der Waals surface area contributed by atoms with Gasteiger partial charge in [-0.25, -0.2) is 4.98 Å². The molecular formula is C15H19Cl2N3. The van der Waals surface area contributed by atoms with Gasteiger partial charge in [0.2, 0.25) is 0 Å². The maximum atomic E-state index is 6.30. The Morgan fingerprint density at radius 2 is 1.90 bits per heavy atom. The molecule has 2 aromatic rings. The minimum Gasteiger partial charge on any atom is -0.250 e. The fourth-order valence-electron chi connectivity index (χ4n) is 2.53. The lowest BCUT2D eigenvalue weighted by atomic mass is 9.78. The molecule has 0 saturated carbocycles. The summed E-state index contributed by atoms with van der Waals surface area (Å²) in [6, 6.07) is 8.25. The summed E-state index contributed by atoms with van der Waals surface area (Å²) < 4.78 is 1.89. The van der Waals surface area contributed by atoms with Crippen LogP contribution in [0.2, 0.25) is 0 Å². The van der Waals surface area contributed by atoms with Crippen LogP contribution in [0.5, 0.6) is 0 Å². The second-order valence-electron chi connectivity index (χ2n) is 5.03. The first kappa shape index (κ1) is 15.3. The predicted molar refractivity (Wildman–Crippen MR) is 83.7 cm³/mol. The summed E-state index contributed by atoms with van der Waals surface area (Å²) in [7, 11) is 0. The molecule has 1 aromatic carbocycles. The van der Waals surface area contributed by atoms with Gasteiger partial charge in [-0.05, 0) is 25.0 Å². The van der Waals surface area contributed by atoms with Crippen molar-refractivity contribution in [3.8, 4) is 0 Å². The van der Waals surface area contributed by atoms with E-state index in [-0.39, 0.29) is 5.41 Å². The fourth-order valence-corrected chi connectivity index (χ4v) is 3.29. The van der Waals surface area contributed by atoms with Crippen LogP contribution in [0.1, 0.15) is 23.9 Å². The molecular weight excluding hydrogens is 293 g/mol. The molecule has 1 heterocycles. The van der Waals surface area contributed by atoms with Crippen molar-refractivity contribution in [3.05, 3.63) is 47.5 Å². The highest BCUT2D eigenvalue weighted by Gasteiger charge is 2.33. The second kappa shape index (κ2) is 6.59. The predicted octanol–water partition coefficient (Wildman–Crippen LogP) is 3.56. The maximum Gasteiger partial charge on any atom is 0.138 e. The summed E-state index contributed by atoms with van der Waals surface area (Å²) in [5.41, 5.74) is 2.08. The third kappa shape index (κ3) is 2.84. The molecule has 0 unspecified atom stereocenters. The van der Waals surface area contributed by atoms with E-state index in [0.717, 1.165) is 12.4 Å². The molecule has 0 saturated heterocycles. The van der Waals surface area contributed by atoms with Crippen molar-refractivity contribution in [2.45, 2.75) is 32.2 Å². The summed E-state index contributed by atoms with van der Waals surface area (Å²) in [5.74, 6) is 1.84. The summed E-state index contributed by atoms with van der Waals surface area (Å²) >= 11 is 12.6. The molecule has 5 heteroatoms. The highest BCUT2D eigenvalue weighted by molar-refractivity contribution is 6.22. The van der Waals surface area contributed by atoms with Gasteiger partial charge in [-0.2, -0.15) is 5.10 Å². The number of halogens is 2. The first-order valence-electron chi connectivity index (χ1n) is 6.71. The molecule has 20 heavy (non-hydrogen) atoms. The van der Waals surface area contributed by atoms with Crippen molar-refractivity contribution in [3.63, 3.8) is 0 Å². The third-order valence-corrected chi connectivity index (χ3v) is 4.74. The normalized spacial score (nSPS) is 11.8. The average Bonchev–Trinajstić information content (AvgIpc) is 2.92. The average molecular weight is 312 g/mol. The van der Waals surface area contributed by atoms with E-state index >= 15 is 0 Å². The van der Waals surface area contributed by atoms with Crippen LogP contribution in [0.4, 0.5) is 0 Å². The Kier molecular flexibility index (Phi) is 5.06. The second-order valence-corrected chi connectivity index (χ2v) is 5.57. The minimum atomic E-state index is -0.311. The molecule has 0 aliphatic carbocycles. The summed E-state index contributed by atoms with van der Waals surface area (Å²) in [4.78, 5) is 4.36. The van der Waals surface area contributed by atoms with Gasteiger partial charge in [-0.1, -0.05) is 24.3 Å². The highest BCUT2D eigenvalue weighted by atomic mass is 35.5. The van der Waals surface area contributed by atoms with Gasteiger partial charge in [0, 0.05) is 30.1 Å². The monoisotopic (exact) mass is 311 g/mol. The van der Waals surface area contributed by atoms with Gasteiger partial charge in [0.05, 0.1) is 0 Å². The Morgan fingerprint density at radius 3 is 2.50 bits per heavy atom. The molecule has 0 bridgehead atoms. The van der Waals surface area contributed by atoms with Crippen LogP contribution in [0.15, 0.2) is 30.6 Å². The van der Waals surface area contributed by atoms with Crippen molar-refractivity contribution in [2.24, 2.45) is 0 Å². The van der Waals surface area contributed by atoms with Crippen LogP contribution in [0, 0.1) is 6.92 Å². The topological polar surface area (TPSA) is 30.7 Å². The molecule has 0 aliphatic rings. The number of rotatable bonds is 6. The lowest BCUT2D eigenvalue weighted by Crippen LogP contribution is -2.35. The van der Waals surface area contributed by atoms with E-state index in [1.807, 2.05) is 16.8 Å². The molecule has 3 nitrogen and oxygen atoms in total. The Hall–Kier alpha value is -1.06. The van der Waals surface area contributed by atoms with Gasteiger partial charge in [-0.15, -0.1) is 23.2 Å². The Bertz CT molecular complexity index is 562. The van der Waals surface area contributed by atoms with Gasteiger partial charge >= 0.3 is 0 Å². The Balaban J connectivity index is 2.43. The zero-order chi connectivity index (χ0) is 14.6. The molecule has 1 aromatic heterocycles. The van der Waals surface area contributed by atoms with Crippen LogP contribution in [0.25, 0.3) is 0 Å². The molecule has 0 fully saturated rings. The van der Waals surface area contributed by atoms with Crippen molar-refractivity contribution >= 4 is 23.2 Å². The van der Waals surface area contributed by atoms with Crippen LogP contribution in [-0.2, 0) is 18.4 Å². The maximum absolute atomic E-state index is 6.30. The lowest BCUT2D eigenvalue weighted by molar-refractivity contribution is 0.488. The number of benzene rings is 1. The van der Waals surface area contributed by atoms with Crippen LogP contribution in [0.3, 0.4) is 0 Å². The Labute approximate surface area is 129 Å². The number of hydrogen-bond donors (Lipinski definition) is 0. The molecule has 2 rings (SSSR count). The number of hydrogen-bond acceptors (Lipinski definition) is 2. The summed E-state index contributed by atoms with van der Waals surface area (Å²) in [6.07, 6.45) is 2.28. The van der Waals surface area contributed by atoms with Gasteiger partial charge in [0.1, 0.15) is 12.2 Å². The standard InChI is InChI=1S/C15H19Cl2N3/c1-3-20-14(18-11-19-20)8-15(9-16,10-17)13-7-5-4-6-12(13)2/h4-7,11H,3,8-10H2,1-2H3. The van der Waals surface area contributed by atoms with Gasteiger partial charge in [-0.3, -0.25) is 4.68 Å². The fraction of sp³-hybridized carbons (Fsp3) is 0.467. The molecule has 0 radical (unpaired) electrons. The third-order valence-electron chi connectivity index (χ3n) is 3.72. The van der Waals surface area contributed by atoms with Crippen molar-refractivity contribution in [2.75, 3.05) is 11.8 Å². The summed E-state index contributed by atoms with van der Waals surface area (Å²) in [6.45, 7) is 4.94. The Morgan fingerprint density at radius 1 is 1.20 bits per heavy atom. The molecule has 0 atom stereocenters. The summed E-state index contributed by atoms with van der Waals surface area (Å²) in [5, 5.41) is 4.22. The number of nitrogens with zero attached hydrogens (tertiary/aromatic N) is 3. The van der Waals surface area contributed by atoms with Gasteiger partial charge in [0.25, 0.3) is 0 Å². The van der Waals surface area contributed by atoms with E-state index in [0.29, 0.717) is 18.2 Å². The molecule has 0 amide bonds. The van der Waals surface area contributed by atoms with E-state index in [9.17, 15) is 0 Å². The first-order valence-corrected chi connectivity index (χ1v) is 7.78. The van der Waals surface area contributed by atoms with Crippen molar-refractivity contribution < 1.29 is 0 Å². The van der Waals surface area contributed by atoms with E-state index < -0.39 is 0 Å². The highest BCUT2D eigenvalue weighted by Crippen LogP contribution is 2.33. The quantitative estimate of drug-likeness (QED) is 0.764. The van der Waals surface area contributed by atoms with Crippen LogP contribution < -0.4 is 0 Å². The smallest absolute Gasteiger partial charge is 0.138 e.